The van der Waals surface area contributed by atoms with Crippen LogP contribution in [0.2, 0.25) is 0 Å². The first-order valence-electron chi connectivity index (χ1n) is 7.64. The molecule has 2 aromatic rings. The van der Waals surface area contributed by atoms with Crippen LogP contribution in [0.25, 0.3) is 0 Å². The van der Waals surface area contributed by atoms with Crippen molar-refractivity contribution in [3.05, 3.63) is 52.3 Å². The minimum Gasteiger partial charge on any atom is -0.488 e. The van der Waals surface area contributed by atoms with Crippen molar-refractivity contribution in [2.75, 3.05) is 18.4 Å². The number of aromatic nitrogens is 2. The van der Waals surface area contributed by atoms with Crippen molar-refractivity contribution >= 4 is 11.8 Å². The molecule has 0 saturated carbocycles. The van der Waals surface area contributed by atoms with Crippen LogP contribution in [-0.4, -0.2) is 39.9 Å². The van der Waals surface area contributed by atoms with Crippen LogP contribution in [0.15, 0.2) is 35.1 Å². The molecule has 25 heavy (non-hydrogen) atoms. The topological polar surface area (TPSA) is 76.5 Å². The maximum atomic E-state index is 13.2. The third-order valence-corrected chi connectivity index (χ3v) is 3.77. The number of nitrogens with one attached hydrogen (secondary N) is 1. The van der Waals surface area contributed by atoms with Gasteiger partial charge < -0.3 is 9.64 Å². The number of halogens is 2. The van der Waals surface area contributed by atoms with Crippen molar-refractivity contribution in [2.45, 2.75) is 12.5 Å². The molecule has 0 spiro atoms. The number of amides is 2. The normalized spacial score (nSPS) is 16.8. The van der Waals surface area contributed by atoms with E-state index in [2.05, 4.69) is 10.4 Å². The lowest BCUT2D eigenvalue weighted by Crippen LogP contribution is -2.35. The van der Waals surface area contributed by atoms with Gasteiger partial charge in [0.15, 0.2) is 5.82 Å². The first-order valence-corrected chi connectivity index (χ1v) is 7.64. The highest BCUT2D eigenvalue weighted by molar-refractivity contribution is 5.88. The predicted molar refractivity (Wildman–Crippen MR) is 85.5 cm³/mol. The number of carbonyl (C=O) groups is 1. The lowest BCUT2D eigenvalue weighted by molar-refractivity contribution is 0.194. The molecule has 0 unspecified atom stereocenters. The van der Waals surface area contributed by atoms with Gasteiger partial charge in [-0.3, -0.25) is 10.1 Å². The number of hydrogen-bond acceptors (Lipinski definition) is 4. The summed E-state index contributed by atoms with van der Waals surface area (Å²) < 4.78 is 33.0. The zero-order chi connectivity index (χ0) is 18.0. The molecule has 1 aromatic heterocycles. The highest BCUT2D eigenvalue weighted by atomic mass is 19.1. The Balaban J connectivity index is 1.59. The summed E-state index contributed by atoms with van der Waals surface area (Å²) in [6.45, 7) is 0.704. The Morgan fingerprint density at radius 1 is 1.28 bits per heavy atom. The maximum Gasteiger partial charge on any atom is 0.323 e. The van der Waals surface area contributed by atoms with Gasteiger partial charge in [0.05, 0.1) is 6.54 Å². The molecule has 3 rings (SSSR count). The van der Waals surface area contributed by atoms with Gasteiger partial charge in [0.25, 0.3) is 5.56 Å². The molecule has 9 heteroatoms. The van der Waals surface area contributed by atoms with Crippen molar-refractivity contribution in [3.8, 4) is 5.75 Å². The van der Waals surface area contributed by atoms with Gasteiger partial charge in [-0.1, -0.05) is 0 Å². The Labute approximate surface area is 141 Å². The number of hydrogen-bond donors (Lipinski definition) is 1. The van der Waals surface area contributed by atoms with Crippen LogP contribution in [0.3, 0.4) is 0 Å². The Bertz CT molecular complexity index is 835. The van der Waals surface area contributed by atoms with Crippen LogP contribution in [0, 0.1) is 11.6 Å². The van der Waals surface area contributed by atoms with Crippen LogP contribution < -0.4 is 15.6 Å². The van der Waals surface area contributed by atoms with E-state index in [9.17, 15) is 18.4 Å². The van der Waals surface area contributed by atoms with E-state index in [1.54, 1.807) is 0 Å². The molecule has 0 bridgehead atoms. The smallest absolute Gasteiger partial charge is 0.323 e. The third kappa shape index (κ3) is 4.11. The largest absolute Gasteiger partial charge is 0.488 e. The summed E-state index contributed by atoms with van der Waals surface area (Å²) in [5.74, 6) is -1.10. The molecule has 1 aliphatic rings. The van der Waals surface area contributed by atoms with Crippen molar-refractivity contribution in [2.24, 2.45) is 7.05 Å². The van der Waals surface area contributed by atoms with E-state index < -0.39 is 11.6 Å². The molecular formula is C16H16F2N4O3. The lowest BCUT2D eigenvalue weighted by Gasteiger charge is -2.17. The van der Waals surface area contributed by atoms with Gasteiger partial charge >= 0.3 is 6.03 Å². The summed E-state index contributed by atoms with van der Waals surface area (Å²) in [7, 11) is 1.48. The monoisotopic (exact) mass is 350 g/mol. The first-order chi connectivity index (χ1) is 11.9. The molecule has 1 atom stereocenters. The second kappa shape index (κ2) is 6.88. The number of urea groups is 1. The van der Waals surface area contributed by atoms with Crippen LogP contribution >= 0.6 is 0 Å². The highest BCUT2D eigenvalue weighted by Gasteiger charge is 2.28. The van der Waals surface area contributed by atoms with Crippen LogP contribution in [-0.2, 0) is 7.05 Å². The molecule has 1 aliphatic heterocycles. The predicted octanol–water partition coefficient (Wildman–Crippen LogP) is 1.74. The number of carbonyl (C=O) groups excluding carboxylic acids is 1. The Kier molecular flexibility index (Phi) is 4.64. The molecule has 1 aromatic carbocycles. The average Bonchev–Trinajstić information content (AvgIpc) is 2.98. The molecular weight excluding hydrogens is 334 g/mol. The summed E-state index contributed by atoms with van der Waals surface area (Å²) in [5, 5.41) is 6.52. The van der Waals surface area contributed by atoms with E-state index in [-0.39, 0.29) is 35.8 Å². The number of aryl methyl sites for hydroxylation is 1. The van der Waals surface area contributed by atoms with Gasteiger partial charge in [0.1, 0.15) is 23.5 Å². The number of anilines is 1. The standard InChI is InChI=1S/C16H16F2N4O3/c1-21-15(23)3-2-14(20-21)19-16(24)22-5-4-12(9-22)25-13-7-10(17)6-11(18)8-13/h2-3,6-8,12H,4-5,9H2,1H3,(H,19,20,24)/t12-/m0/s1. The van der Waals surface area contributed by atoms with Crippen molar-refractivity contribution < 1.29 is 18.3 Å². The zero-order valence-electron chi connectivity index (χ0n) is 13.4. The van der Waals surface area contributed by atoms with Gasteiger partial charge in [-0.15, -0.1) is 0 Å². The minimum atomic E-state index is -0.719. The lowest BCUT2D eigenvalue weighted by atomic mass is 10.3. The van der Waals surface area contributed by atoms with E-state index >= 15 is 0 Å². The summed E-state index contributed by atoms with van der Waals surface area (Å²) >= 11 is 0. The fourth-order valence-corrected chi connectivity index (χ4v) is 2.56. The van der Waals surface area contributed by atoms with Crippen molar-refractivity contribution in [1.29, 1.82) is 0 Å². The SMILES string of the molecule is Cn1nc(NC(=O)N2CC[C@H](Oc3cc(F)cc(F)c3)C2)ccc1=O. The van der Waals surface area contributed by atoms with Crippen molar-refractivity contribution in [1.82, 2.24) is 14.7 Å². The highest BCUT2D eigenvalue weighted by Crippen LogP contribution is 2.21. The Morgan fingerprint density at radius 3 is 2.68 bits per heavy atom. The molecule has 1 fully saturated rings. The first kappa shape index (κ1) is 16.9. The van der Waals surface area contributed by atoms with E-state index in [1.807, 2.05) is 0 Å². The second-order valence-electron chi connectivity index (χ2n) is 5.69. The van der Waals surface area contributed by atoms with Gasteiger partial charge in [-0.05, 0) is 6.07 Å². The third-order valence-electron chi connectivity index (χ3n) is 3.77. The molecule has 1 saturated heterocycles. The number of benzene rings is 1. The van der Waals surface area contributed by atoms with E-state index in [0.717, 1.165) is 22.9 Å². The van der Waals surface area contributed by atoms with Crippen molar-refractivity contribution in [3.63, 3.8) is 0 Å². The van der Waals surface area contributed by atoms with E-state index in [1.165, 1.54) is 24.1 Å². The molecule has 7 nitrogen and oxygen atoms in total. The Hall–Kier alpha value is -2.97. The van der Waals surface area contributed by atoms with Gasteiger partial charge in [0, 0.05) is 44.3 Å². The van der Waals surface area contributed by atoms with Gasteiger partial charge in [-0.2, -0.15) is 5.10 Å². The summed E-state index contributed by atoms with van der Waals surface area (Å²) in [4.78, 5) is 25.0. The summed E-state index contributed by atoms with van der Waals surface area (Å²) in [6.07, 6.45) is 0.173. The molecule has 0 radical (unpaired) electrons. The fourth-order valence-electron chi connectivity index (χ4n) is 2.56. The molecule has 1 N–H and O–H groups in total. The van der Waals surface area contributed by atoms with Crippen LogP contribution in [0.5, 0.6) is 5.75 Å². The number of ether oxygens (including phenoxy) is 1. The second-order valence-corrected chi connectivity index (χ2v) is 5.69. The van der Waals surface area contributed by atoms with E-state index in [4.69, 9.17) is 4.74 Å². The van der Waals surface area contributed by atoms with E-state index in [0.29, 0.717) is 13.0 Å². The van der Waals surface area contributed by atoms with Gasteiger partial charge in [0.2, 0.25) is 0 Å². The number of likely N-dealkylation sites (tertiary alicyclic amines) is 1. The molecule has 0 aliphatic carbocycles. The number of nitrogens with zero attached hydrogens (tertiary/aromatic N) is 3. The molecule has 132 valence electrons. The van der Waals surface area contributed by atoms with Crippen LogP contribution in [0.1, 0.15) is 6.42 Å². The zero-order valence-corrected chi connectivity index (χ0v) is 13.4. The minimum absolute atomic E-state index is 0.0875. The van der Waals surface area contributed by atoms with Crippen LogP contribution in [0.4, 0.5) is 19.4 Å². The quantitative estimate of drug-likeness (QED) is 0.915. The summed E-state index contributed by atoms with van der Waals surface area (Å²) in [5.41, 5.74) is -0.282. The molecule has 2 heterocycles. The summed E-state index contributed by atoms with van der Waals surface area (Å²) in [6, 6.07) is 5.29. The molecule has 2 amide bonds. The number of rotatable bonds is 3. The fraction of sp³-hybridized carbons (Fsp3) is 0.312. The Morgan fingerprint density at radius 2 is 2.00 bits per heavy atom. The maximum absolute atomic E-state index is 13.2. The average molecular weight is 350 g/mol. The van der Waals surface area contributed by atoms with Gasteiger partial charge in [-0.25, -0.2) is 18.3 Å².